The van der Waals surface area contributed by atoms with Gasteiger partial charge >= 0.3 is 5.97 Å². The van der Waals surface area contributed by atoms with Crippen LogP contribution in [0.1, 0.15) is 16.1 Å². The molecule has 20 heavy (non-hydrogen) atoms. The van der Waals surface area contributed by atoms with Crippen molar-refractivity contribution in [3.05, 3.63) is 63.3 Å². The van der Waals surface area contributed by atoms with Crippen molar-refractivity contribution in [1.82, 2.24) is 5.32 Å². The normalized spacial score (nSPS) is 11.2. The molecule has 0 radical (unpaired) electrons. The maximum absolute atomic E-state index is 11.9. The van der Waals surface area contributed by atoms with Gasteiger partial charge in [-0.25, -0.2) is 4.79 Å². The first-order valence-corrected chi connectivity index (χ1v) is 6.71. The van der Waals surface area contributed by atoms with E-state index in [2.05, 4.69) is 5.32 Å². The Balaban J connectivity index is 2.20. The Morgan fingerprint density at radius 1 is 1.15 bits per heavy atom. The van der Waals surface area contributed by atoms with Crippen molar-refractivity contribution in [1.29, 1.82) is 0 Å². The lowest BCUT2D eigenvalue weighted by Crippen LogP contribution is -2.27. The Labute approximate surface area is 128 Å². The van der Waals surface area contributed by atoms with E-state index in [1.54, 1.807) is 42.5 Å². The fourth-order valence-electron chi connectivity index (χ4n) is 1.48. The summed E-state index contributed by atoms with van der Waals surface area (Å²) in [6, 6.07) is 11.7. The van der Waals surface area contributed by atoms with Crippen molar-refractivity contribution < 1.29 is 19.1 Å². The molecule has 2 aromatic rings. The fourth-order valence-corrected chi connectivity index (χ4v) is 1.92. The van der Waals surface area contributed by atoms with Gasteiger partial charge in [0.05, 0.1) is 0 Å². The van der Waals surface area contributed by atoms with Crippen molar-refractivity contribution in [3.8, 4) is 0 Å². The number of rotatable bonds is 4. The Bertz CT molecular complexity index is 661. The Hall–Kier alpha value is -2.09. The van der Waals surface area contributed by atoms with Crippen molar-refractivity contribution >= 4 is 40.5 Å². The molecule has 0 unspecified atom stereocenters. The molecule has 102 valence electrons. The van der Waals surface area contributed by atoms with Gasteiger partial charge < -0.3 is 14.8 Å². The van der Waals surface area contributed by atoms with Crippen LogP contribution in [0.25, 0.3) is 6.08 Å². The second-order valence-electron chi connectivity index (χ2n) is 3.83. The van der Waals surface area contributed by atoms with E-state index in [-0.39, 0.29) is 5.70 Å². The van der Waals surface area contributed by atoms with Gasteiger partial charge in [0.15, 0.2) is 3.77 Å². The first kappa shape index (κ1) is 14.3. The predicted molar refractivity (Wildman–Crippen MR) is 80.9 cm³/mol. The van der Waals surface area contributed by atoms with Crippen LogP contribution in [0, 0.1) is 3.77 Å². The van der Waals surface area contributed by atoms with E-state index in [0.29, 0.717) is 15.1 Å². The van der Waals surface area contributed by atoms with Crippen molar-refractivity contribution in [2.75, 3.05) is 0 Å². The van der Waals surface area contributed by atoms with Gasteiger partial charge in [-0.15, -0.1) is 0 Å². The third kappa shape index (κ3) is 3.70. The van der Waals surface area contributed by atoms with Gasteiger partial charge in [-0.3, -0.25) is 4.79 Å². The molecule has 2 N–H and O–H groups in total. The standard InChI is InChI=1S/C14H10INO4/c15-12-7-6-10(20-12)8-11(14(18)19)16-13(17)9-4-2-1-3-5-9/h1-8H,(H,16,17)(H,18,19). The minimum Gasteiger partial charge on any atom is -0.477 e. The number of amides is 1. The zero-order chi connectivity index (χ0) is 14.5. The summed E-state index contributed by atoms with van der Waals surface area (Å²) >= 11 is 1.97. The molecule has 6 heteroatoms. The number of furan rings is 1. The summed E-state index contributed by atoms with van der Waals surface area (Å²) in [6.45, 7) is 0. The number of nitrogens with one attached hydrogen (secondary N) is 1. The topological polar surface area (TPSA) is 79.5 Å². The fraction of sp³-hybridized carbons (Fsp3) is 0. The highest BCUT2D eigenvalue weighted by Crippen LogP contribution is 2.13. The molecule has 5 nitrogen and oxygen atoms in total. The van der Waals surface area contributed by atoms with Gasteiger partial charge in [-0.2, -0.15) is 0 Å². The third-order valence-electron chi connectivity index (χ3n) is 2.40. The quantitative estimate of drug-likeness (QED) is 0.629. The highest BCUT2D eigenvalue weighted by molar-refractivity contribution is 14.1. The van der Waals surface area contributed by atoms with Crippen LogP contribution in [-0.2, 0) is 4.79 Å². The lowest BCUT2D eigenvalue weighted by molar-refractivity contribution is -0.132. The molecule has 0 atom stereocenters. The maximum Gasteiger partial charge on any atom is 0.352 e. The van der Waals surface area contributed by atoms with Crippen LogP contribution >= 0.6 is 22.6 Å². The third-order valence-corrected chi connectivity index (χ3v) is 2.97. The Morgan fingerprint density at radius 2 is 1.85 bits per heavy atom. The van der Waals surface area contributed by atoms with Crippen LogP contribution < -0.4 is 5.32 Å². The molecule has 0 spiro atoms. The van der Waals surface area contributed by atoms with Gasteiger partial charge in [0.25, 0.3) is 5.91 Å². The molecule has 0 aliphatic rings. The minimum absolute atomic E-state index is 0.246. The molecule has 1 aromatic heterocycles. The van der Waals surface area contributed by atoms with E-state index in [1.807, 2.05) is 22.6 Å². The molecule has 0 fully saturated rings. The maximum atomic E-state index is 11.9. The van der Waals surface area contributed by atoms with Gasteiger partial charge in [-0.05, 0) is 46.9 Å². The summed E-state index contributed by atoms with van der Waals surface area (Å²) < 4.78 is 5.88. The van der Waals surface area contributed by atoms with E-state index in [9.17, 15) is 9.59 Å². The lowest BCUT2D eigenvalue weighted by atomic mass is 10.2. The smallest absolute Gasteiger partial charge is 0.352 e. The van der Waals surface area contributed by atoms with Crippen molar-refractivity contribution in [2.24, 2.45) is 0 Å². The molecule has 0 aliphatic carbocycles. The van der Waals surface area contributed by atoms with Crippen molar-refractivity contribution in [2.45, 2.75) is 0 Å². The van der Waals surface area contributed by atoms with E-state index in [0.717, 1.165) is 0 Å². The van der Waals surface area contributed by atoms with Crippen LogP contribution in [0.5, 0.6) is 0 Å². The van der Waals surface area contributed by atoms with E-state index < -0.39 is 11.9 Å². The molecule has 1 aromatic carbocycles. The molecule has 1 heterocycles. The van der Waals surface area contributed by atoms with Gasteiger partial charge in [0, 0.05) is 11.6 Å². The van der Waals surface area contributed by atoms with Crippen LogP contribution in [0.2, 0.25) is 0 Å². The molecule has 0 bridgehead atoms. The molecular weight excluding hydrogens is 373 g/mol. The Kier molecular flexibility index (Phi) is 4.57. The summed E-state index contributed by atoms with van der Waals surface area (Å²) in [5.74, 6) is -1.36. The monoisotopic (exact) mass is 383 g/mol. The second kappa shape index (κ2) is 6.38. The largest absolute Gasteiger partial charge is 0.477 e. The van der Waals surface area contributed by atoms with Crippen LogP contribution in [0.3, 0.4) is 0 Å². The highest BCUT2D eigenvalue weighted by Gasteiger charge is 2.13. The van der Waals surface area contributed by atoms with Crippen molar-refractivity contribution in [3.63, 3.8) is 0 Å². The molecular formula is C14H10INO4. The SMILES string of the molecule is O=C(O)C(=Cc1ccc(I)o1)NC(=O)c1ccccc1. The number of carbonyl (C=O) groups is 2. The van der Waals surface area contributed by atoms with E-state index in [4.69, 9.17) is 9.52 Å². The summed E-state index contributed by atoms with van der Waals surface area (Å²) in [5, 5.41) is 11.5. The summed E-state index contributed by atoms with van der Waals surface area (Å²) in [7, 11) is 0. The number of halogens is 1. The number of hydrogen-bond donors (Lipinski definition) is 2. The summed E-state index contributed by atoms with van der Waals surface area (Å²) in [6.07, 6.45) is 1.27. The van der Waals surface area contributed by atoms with Crippen LogP contribution in [-0.4, -0.2) is 17.0 Å². The molecule has 1 amide bonds. The number of carbonyl (C=O) groups excluding carboxylic acids is 1. The first-order valence-electron chi connectivity index (χ1n) is 5.63. The predicted octanol–water partition coefficient (Wildman–Crippen LogP) is 2.74. The van der Waals surface area contributed by atoms with Crippen LogP contribution in [0.15, 0.2) is 52.6 Å². The molecule has 0 saturated heterocycles. The summed E-state index contributed by atoms with van der Waals surface area (Å²) in [5.41, 5.74) is 0.137. The number of carboxylic acid groups (broad SMARTS) is 1. The van der Waals surface area contributed by atoms with E-state index >= 15 is 0 Å². The molecule has 0 saturated carbocycles. The number of benzene rings is 1. The average molecular weight is 383 g/mol. The zero-order valence-corrected chi connectivity index (χ0v) is 12.3. The van der Waals surface area contributed by atoms with Crippen LogP contribution in [0.4, 0.5) is 0 Å². The second-order valence-corrected chi connectivity index (χ2v) is 4.89. The highest BCUT2D eigenvalue weighted by atomic mass is 127. The van der Waals surface area contributed by atoms with Gasteiger partial charge in [-0.1, -0.05) is 18.2 Å². The summed E-state index contributed by atoms with van der Waals surface area (Å²) in [4.78, 5) is 23.1. The van der Waals surface area contributed by atoms with Gasteiger partial charge in [0.1, 0.15) is 11.5 Å². The van der Waals surface area contributed by atoms with E-state index in [1.165, 1.54) is 6.08 Å². The average Bonchev–Trinajstić information content (AvgIpc) is 2.84. The first-order chi connectivity index (χ1) is 9.56. The Morgan fingerprint density at radius 3 is 2.40 bits per heavy atom. The number of aliphatic carboxylic acids is 1. The lowest BCUT2D eigenvalue weighted by Gasteiger charge is -2.05. The molecule has 2 rings (SSSR count). The zero-order valence-electron chi connectivity index (χ0n) is 10.2. The number of hydrogen-bond acceptors (Lipinski definition) is 3. The number of carboxylic acids is 1. The molecule has 0 aliphatic heterocycles. The minimum atomic E-state index is -1.24. The van der Waals surface area contributed by atoms with Gasteiger partial charge in [0.2, 0.25) is 0 Å².